The highest BCUT2D eigenvalue weighted by Gasteiger charge is 2.29. The van der Waals surface area contributed by atoms with Crippen LogP contribution >= 0.6 is 12.4 Å². The van der Waals surface area contributed by atoms with Gasteiger partial charge in [-0.15, -0.1) is 12.4 Å². The summed E-state index contributed by atoms with van der Waals surface area (Å²) < 4.78 is 5.00. The van der Waals surface area contributed by atoms with E-state index in [0.717, 1.165) is 24.8 Å². The number of nitrogens with zero attached hydrogens (tertiary/aromatic N) is 1. The summed E-state index contributed by atoms with van der Waals surface area (Å²) in [4.78, 5) is 14.0. The number of hydrogen-bond acceptors (Lipinski definition) is 4. The number of hydrogen-bond donors (Lipinski definition) is 2. The molecule has 118 valence electrons. The van der Waals surface area contributed by atoms with Crippen LogP contribution in [0.5, 0.6) is 11.5 Å². The van der Waals surface area contributed by atoms with Crippen molar-refractivity contribution < 1.29 is 14.6 Å². The molecule has 1 aliphatic carbocycles. The maximum Gasteiger partial charge on any atom is 0.225 e. The first kappa shape index (κ1) is 17.6. The molecule has 2 atom stereocenters. The molecule has 5 nitrogen and oxygen atoms in total. The van der Waals surface area contributed by atoms with Crippen LogP contribution in [0.1, 0.15) is 24.8 Å². The molecule has 2 rings (SSSR count). The van der Waals surface area contributed by atoms with Crippen molar-refractivity contribution in [3.05, 3.63) is 23.8 Å². The van der Waals surface area contributed by atoms with Crippen LogP contribution in [0, 0.1) is 5.92 Å². The summed E-state index contributed by atoms with van der Waals surface area (Å²) >= 11 is 0. The smallest absolute Gasteiger partial charge is 0.225 e. The quantitative estimate of drug-likeness (QED) is 0.890. The van der Waals surface area contributed by atoms with E-state index in [1.165, 1.54) is 7.11 Å². The summed E-state index contributed by atoms with van der Waals surface area (Å²) in [6.07, 6.45) is 2.57. The molecule has 1 saturated carbocycles. The molecule has 0 heterocycles. The molecule has 2 unspecified atom stereocenters. The number of rotatable bonds is 4. The zero-order chi connectivity index (χ0) is 14.7. The average Bonchev–Trinajstić information content (AvgIpc) is 2.84. The number of carbonyl (C=O) groups excluding carboxylic acids is 1. The van der Waals surface area contributed by atoms with Gasteiger partial charge in [-0.2, -0.15) is 0 Å². The summed E-state index contributed by atoms with van der Waals surface area (Å²) in [5.74, 6) is 0.702. The van der Waals surface area contributed by atoms with E-state index < -0.39 is 0 Å². The van der Waals surface area contributed by atoms with Crippen molar-refractivity contribution in [2.75, 3.05) is 14.2 Å². The highest BCUT2D eigenvalue weighted by molar-refractivity contribution is 5.85. The second-order valence-electron chi connectivity index (χ2n) is 5.47. The number of carbonyl (C=O) groups is 1. The Bertz CT molecular complexity index is 496. The molecule has 1 fully saturated rings. The first-order valence-electron chi connectivity index (χ1n) is 6.87. The lowest BCUT2D eigenvalue weighted by atomic mass is 10.1. The maximum atomic E-state index is 12.3. The molecule has 1 aromatic carbocycles. The number of halogens is 1. The third kappa shape index (κ3) is 4.25. The third-order valence-corrected chi connectivity index (χ3v) is 3.86. The van der Waals surface area contributed by atoms with E-state index in [-0.39, 0.29) is 36.0 Å². The summed E-state index contributed by atoms with van der Waals surface area (Å²) in [6.45, 7) is 0.474. The fourth-order valence-corrected chi connectivity index (χ4v) is 2.74. The van der Waals surface area contributed by atoms with Crippen LogP contribution in [-0.4, -0.2) is 36.1 Å². The van der Waals surface area contributed by atoms with E-state index in [4.69, 9.17) is 10.5 Å². The molecule has 1 aromatic rings. The van der Waals surface area contributed by atoms with Gasteiger partial charge in [-0.3, -0.25) is 4.79 Å². The summed E-state index contributed by atoms with van der Waals surface area (Å²) in [5.41, 5.74) is 6.73. The average molecular weight is 315 g/mol. The molecule has 0 spiro atoms. The van der Waals surface area contributed by atoms with Gasteiger partial charge in [-0.05, 0) is 37.0 Å². The van der Waals surface area contributed by atoms with E-state index in [0.29, 0.717) is 12.3 Å². The van der Waals surface area contributed by atoms with Gasteiger partial charge in [-0.1, -0.05) is 6.07 Å². The Morgan fingerprint density at radius 3 is 2.71 bits per heavy atom. The Hall–Kier alpha value is -1.46. The lowest BCUT2D eigenvalue weighted by Gasteiger charge is -2.21. The molecule has 6 heteroatoms. The van der Waals surface area contributed by atoms with E-state index in [2.05, 4.69) is 0 Å². The molecule has 1 aliphatic rings. The highest BCUT2D eigenvalue weighted by atomic mass is 35.5. The maximum absolute atomic E-state index is 12.3. The monoisotopic (exact) mass is 314 g/mol. The molecule has 3 N–H and O–H groups in total. The van der Waals surface area contributed by atoms with Crippen LogP contribution in [0.3, 0.4) is 0 Å². The third-order valence-electron chi connectivity index (χ3n) is 3.86. The van der Waals surface area contributed by atoms with Crippen LogP contribution in [-0.2, 0) is 11.3 Å². The molecule has 0 aromatic heterocycles. The molecule has 1 amide bonds. The molecule has 0 bridgehead atoms. The molecular weight excluding hydrogens is 292 g/mol. The van der Waals surface area contributed by atoms with Crippen LogP contribution in [0.2, 0.25) is 0 Å². The number of phenols is 1. The normalized spacial score (nSPS) is 20.7. The predicted octanol–water partition coefficient (Wildman–Crippen LogP) is 1.91. The van der Waals surface area contributed by atoms with Crippen LogP contribution in [0.15, 0.2) is 18.2 Å². The second-order valence-corrected chi connectivity index (χ2v) is 5.47. The summed E-state index contributed by atoms with van der Waals surface area (Å²) in [7, 11) is 3.29. The molecule has 21 heavy (non-hydrogen) atoms. The van der Waals surface area contributed by atoms with Crippen molar-refractivity contribution in [1.29, 1.82) is 0 Å². The number of phenolic OH excluding ortho intramolecular Hbond substituents is 1. The van der Waals surface area contributed by atoms with Crippen LogP contribution in [0.4, 0.5) is 0 Å². The van der Waals surface area contributed by atoms with Gasteiger partial charge in [0.1, 0.15) is 0 Å². The molecule has 0 aliphatic heterocycles. The van der Waals surface area contributed by atoms with Crippen LogP contribution in [0.25, 0.3) is 0 Å². The van der Waals surface area contributed by atoms with Crippen molar-refractivity contribution >= 4 is 18.3 Å². The number of aromatic hydroxyl groups is 1. The van der Waals surface area contributed by atoms with E-state index in [1.807, 2.05) is 6.07 Å². The summed E-state index contributed by atoms with van der Waals surface area (Å²) in [5, 5.41) is 9.74. The Morgan fingerprint density at radius 2 is 2.19 bits per heavy atom. The number of ether oxygens (including phenoxy) is 1. The Kier molecular flexibility index (Phi) is 6.30. The fourth-order valence-electron chi connectivity index (χ4n) is 2.74. The molecule has 0 radical (unpaired) electrons. The summed E-state index contributed by atoms with van der Waals surface area (Å²) in [6, 6.07) is 5.34. The Balaban J connectivity index is 0.00000220. The Labute approximate surface area is 131 Å². The lowest BCUT2D eigenvalue weighted by molar-refractivity contribution is -0.134. The van der Waals surface area contributed by atoms with Gasteiger partial charge in [0.25, 0.3) is 0 Å². The van der Waals surface area contributed by atoms with Crippen molar-refractivity contribution in [1.82, 2.24) is 4.90 Å². The number of benzene rings is 1. The lowest BCUT2D eigenvalue weighted by Crippen LogP contribution is -2.32. The Morgan fingerprint density at radius 1 is 1.48 bits per heavy atom. The zero-order valence-electron chi connectivity index (χ0n) is 12.4. The zero-order valence-corrected chi connectivity index (χ0v) is 13.2. The van der Waals surface area contributed by atoms with Gasteiger partial charge < -0.3 is 20.5 Å². The molecular formula is C15H23ClN2O3. The van der Waals surface area contributed by atoms with Crippen molar-refractivity contribution in [2.24, 2.45) is 11.7 Å². The van der Waals surface area contributed by atoms with Gasteiger partial charge >= 0.3 is 0 Å². The fraction of sp³-hybridized carbons (Fsp3) is 0.533. The standard InChI is InChI=1S/C15H22N2O3.ClH/c1-17(15(19)11-4-5-12(16)8-11)9-10-3-6-14(20-2)13(18)7-10;/h3,6-7,11-12,18H,4-5,8-9,16H2,1-2H3;1H. The highest BCUT2D eigenvalue weighted by Crippen LogP contribution is 2.28. The molecule has 0 saturated heterocycles. The second kappa shape index (κ2) is 7.52. The largest absolute Gasteiger partial charge is 0.504 e. The minimum Gasteiger partial charge on any atom is -0.504 e. The van der Waals surface area contributed by atoms with Crippen molar-refractivity contribution in [3.8, 4) is 11.5 Å². The van der Waals surface area contributed by atoms with Gasteiger partial charge in [0.15, 0.2) is 11.5 Å². The predicted molar refractivity (Wildman–Crippen MR) is 83.7 cm³/mol. The van der Waals surface area contributed by atoms with Crippen LogP contribution < -0.4 is 10.5 Å². The first-order valence-corrected chi connectivity index (χ1v) is 6.87. The van der Waals surface area contributed by atoms with Gasteiger partial charge in [0.05, 0.1) is 7.11 Å². The SMILES string of the molecule is COc1ccc(CN(C)C(=O)C2CCC(N)C2)cc1O.Cl. The minimum absolute atomic E-state index is 0. The van der Waals surface area contributed by atoms with Gasteiger partial charge in [-0.25, -0.2) is 0 Å². The topological polar surface area (TPSA) is 75.8 Å². The van der Waals surface area contributed by atoms with Crippen molar-refractivity contribution in [2.45, 2.75) is 31.8 Å². The van der Waals surface area contributed by atoms with Crippen molar-refractivity contribution in [3.63, 3.8) is 0 Å². The number of methoxy groups -OCH3 is 1. The number of amides is 1. The van der Waals surface area contributed by atoms with Gasteiger partial charge in [0, 0.05) is 25.6 Å². The number of nitrogens with two attached hydrogens (primary N) is 1. The first-order chi connectivity index (χ1) is 9.51. The van der Waals surface area contributed by atoms with Gasteiger partial charge in [0.2, 0.25) is 5.91 Å². The van der Waals surface area contributed by atoms with E-state index in [9.17, 15) is 9.90 Å². The van der Waals surface area contributed by atoms with E-state index in [1.54, 1.807) is 24.1 Å². The minimum atomic E-state index is 0. The van der Waals surface area contributed by atoms with E-state index >= 15 is 0 Å².